The Hall–Kier alpha value is -3.18. The molecule has 3 aromatic rings. The van der Waals surface area contributed by atoms with Gasteiger partial charge in [-0.05, 0) is 43.5 Å². The first-order valence-corrected chi connectivity index (χ1v) is 13.3. The molecule has 0 saturated carbocycles. The van der Waals surface area contributed by atoms with Crippen molar-refractivity contribution in [2.75, 3.05) is 38.3 Å². The topological polar surface area (TPSA) is 72.7 Å². The minimum absolute atomic E-state index is 0.0207. The summed E-state index contributed by atoms with van der Waals surface area (Å²) in [5, 5.41) is 0. The Morgan fingerprint density at radius 3 is 2.31 bits per heavy atom. The van der Waals surface area contributed by atoms with E-state index in [1.807, 2.05) is 13.0 Å². The van der Waals surface area contributed by atoms with Crippen molar-refractivity contribution in [1.29, 1.82) is 0 Å². The van der Waals surface area contributed by atoms with Crippen molar-refractivity contribution in [3.63, 3.8) is 0 Å². The molecule has 0 spiro atoms. The molecule has 0 N–H and O–H groups in total. The number of aryl methyl sites for hydroxylation is 1. The predicted octanol–water partition coefficient (Wildman–Crippen LogP) is 4.81. The standard InChI is InChI=1S/C28H36F3N5O3/c1-6-21-17-36(22(7-2)16-35(21)18(3)19-8-10-20(11-9-19)28(29,30)31)26-25-23(34(4)27(37)33-26)12-13-24(32-25)39-15-14-38-5/h8-13,18,21-22H,6-7,14-17H2,1-5H3/t18?,21?,22-/m0/s1. The molecular weight excluding hydrogens is 511 g/mol. The average Bonchev–Trinajstić information content (AvgIpc) is 2.93. The fourth-order valence-electron chi connectivity index (χ4n) is 5.26. The normalized spacial score (nSPS) is 19.4. The minimum atomic E-state index is -4.36. The zero-order valence-corrected chi connectivity index (χ0v) is 23.0. The second-order valence-corrected chi connectivity index (χ2v) is 9.90. The van der Waals surface area contributed by atoms with Crippen LogP contribution < -0.4 is 15.3 Å². The highest BCUT2D eigenvalue weighted by molar-refractivity contribution is 5.86. The lowest BCUT2D eigenvalue weighted by atomic mass is 9.96. The fraction of sp³-hybridized carbons (Fsp3) is 0.536. The molecule has 1 aliphatic heterocycles. The van der Waals surface area contributed by atoms with Gasteiger partial charge in [0.2, 0.25) is 5.88 Å². The highest BCUT2D eigenvalue weighted by Gasteiger charge is 2.37. The van der Waals surface area contributed by atoms with Crippen LogP contribution in [0.4, 0.5) is 19.0 Å². The summed E-state index contributed by atoms with van der Waals surface area (Å²) in [7, 11) is 3.27. The van der Waals surface area contributed by atoms with Gasteiger partial charge in [-0.2, -0.15) is 18.2 Å². The molecule has 212 valence electrons. The Kier molecular flexibility index (Phi) is 8.80. The Balaban J connectivity index is 1.67. The Bertz CT molecular complexity index is 1330. The molecule has 1 aromatic carbocycles. The summed E-state index contributed by atoms with van der Waals surface area (Å²) in [4.78, 5) is 26.6. The molecular formula is C28H36F3N5O3. The maximum absolute atomic E-state index is 13.1. The molecule has 39 heavy (non-hydrogen) atoms. The number of ether oxygens (including phenoxy) is 2. The van der Waals surface area contributed by atoms with Crippen LogP contribution in [0, 0.1) is 0 Å². The highest BCUT2D eigenvalue weighted by Crippen LogP contribution is 2.35. The smallest absolute Gasteiger partial charge is 0.416 e. The summed E-state index contributed by atoms with van der Waals surface area (Å²) >= 11 is 0. The zero-order chi connectivity index (χ0) is 28.3. The van der Waals surface area contributed by atoms with E-state index in [0.29, 0.717) is 49.0 Å². The number of methoxy groups -OCH3 is 1. The molecule has 2 unspecified atom stereocenters. The van der Waals surface area contributed by atoms with E-state index >= 15 is 0 Å². The van der Waals surface area contributed by atoms with E-state index in [2.05, 4.69) is 28.6 Å². The lowest BCUT2D eigenvalue weighted by molar-refractivity contribution is -0.137. The predicted molar refractivity (Wildman–Crippen MR) is 144 cm³/mol. The van der Waals surface area contributed by atoms with Gasteiger partial charge in [0.1, 0.15) is 12.1 Å². The van der Waals surface area contributed by atoms with Gasteiger partial charge in [0.05, 0.1) is 17.7 Å². The molecule has 0 bridgehead atoms. The van der Waals surface area contributed by atoms with E-state index in [0.717, 1.165) is 30.5 Å². The molecule has 8 nitrogen and oxygen atoms in total. The van der Waals surface area contributed by atoms with Crippen molar-refractivity contribution in [1.82, 2.24) is 19.4 Å². The number of alkyl halides is 3. The Morgan fingerprint density at radius 1 is 1.00 bits per heavy atom. The lowest BCUT2D eigenvalue weighted by Gasteiger charge is -2.49. The fourth-order valence-corrected chi connectivity index (χ4v) is 5.26. The van der Waals surface area contributed by atoms with E-state index in [1.54, 1.807) is 32.4 Å². The van der Waals surface area contributed by atoms with Crippen LogP contribution in [0.25, 0.3) is 11.0 Å². The Morgan fingerprint density at radius 2 is 1.69 bits per heavy atom. The maximum Gasteiger partial charge on any atom is 0.416 e. The molecule has 3 atom stereocenters. The third-order valence-corrected chi connectivity index (χ3v) is 7.62. The van der Waals surface area contributed by atoms with E-state index in [1.165, 1.54) is 4.57 Å². The van der Waals surface area contributed by atoms with Crippen LogP contribution >= 0.6 is 0 Å². The van der Waals surface area contributed by atoms with E-state index in [9.17, 15) is 18.0 Å². The van der Waals surface area contributed by atoms with Crippen LogP contribution in [-0.4, -0.2) is 64.9 Å². The summed E-state index contributed by atoms with van der Waals surface area (Å²) in [6.07, 6.45) is -2.76. The number of aromatic nitrogens is 3. The number of hydrogen-bond donors (Lipinski definition) is 0. The second-order valence-electron chi connectivity index (χ2n) is 9.90. The summed E-state index contributed by atoms with van der Waals surface area (Å²) in [6.45, 7) is 8.25. The number of piperazine rings is 1. The molecule has 0 amide bonds. The molecule has 0 aliphatic carbocycles. The monoisotopic (exact) mass is 547 g/mol. The molecule has 1 aliphatic rings. The van der Waals surface area contributed by atoms with E-state index in [-0.39, 0.29) is 23.8 Å². The van der Waals surface area contributed by atoms with Crippen molar-refractivity contribution in [3.8, 4) is 5.88 Å². The van der Waals surface area contributed by atoms with Crippen LogP contribution in [0.1, 0.15) is 50.8 Å². The van der Waals surface area contributed by atoms with Crippen LogP contribution in [0.3, 0.4) is 0 Å². The molecule has 2 aromatic heterocycles. The first-order chi connectivity index (χ1) is 18.6. The van der Waals surface area contributed by atoms with Gasteiger partial charge >= 0.3 is 11.9 Å². The van der Waals surface area contributed by atoms with Crippen LogP contribution in [0.5, 0.6) is 5.88 Å². The lowest BCUT2D eigenvalue weighted by Crippen LogP contribution is -2.59. The highest BCUT2D eigenvalue weighted by atomic mass is 19.4. The number of pyridine rings is 1. The number of rotatable bonds is 9. The first-order valence-electron chi connectivity index (χ1n) is 13.3. The van der Waals surface area contributed by atoms with Crippen LogP contribution in [0.15, 0.2) is 41.2 Å². The number of hydrogen-bond acceptors (Lipinski definition) is 7. The number of halogens is 3. The van der Waals surface area contributed by atoms with Gasteiger partial charge in [0.25, 0.3) is 0 Å². The molecule has 11 heteroatoms. The van der Waals surface area contributed by atoms with Crippen LogP contribution in [-0.2, 0) is 18.0 Å². The largest absolute Gasteiger partial charge is 0.475 e. The first kappa shape index (κ1) is 28.8. The van der Waals surface area contributed by atoms with E-state index in [4.69, 9.17) is 14.5 Å². The van der Waals surface area contributed by atoms with Crippen molar-refractivity contribution in [3.05, 3.63) is 58.0 Å². The molecule has 1 fully saturated rings. The second kappa shape index (κ2) is 11.9. The van der Waals surface area contributed by atoms with Gasteiger partial charge < -0.3 is 14.4 Å². The van der Waals surface area contributed by atoms with Gasteiger partial charge in [0, 0.05) is 51.4 Å². The molecule has 1 saturated heterocycles. The third-order valence-electron chi connectivity index (χ3n) is 7.62. The molecule has 3 heterocycles. The maximum atomic E-state index is 13.1. The minimum Gasteiger partial charge on any atom is -0.475 e. The van der Waals surface area contributed by atoms with Crippen LogP contribution in [0.2, 0.25) is 0 Å². The number of benzene rings is 1. The zero-order valence-electron chi connectivity index (χ0n) is 23.0. The van der Waals surface area contributed by atoms with Gasteiger partial charge in [0.15, 0.2) is 5.82 Å². The summed E-state index contributed by atoms with van der Waals surface area (Å²) in [5.74, 6) is 0.952. The molecule has 0 radical (unpaired) electrons. The van der Waals surface area contributed by atoms with Crippen molar-refractivity contribution < 1.29 is 22.6 Å². The quantitative estimate of drug-likeness (QED) is 0.356. The number of nitrogens with zero attached hydrogens (tertiary/aromatic N) is 5. The van der Waals surface area contributed by atoms with Crippen molar-refractivity contribution >= 4 is 16.9 Å². The summed E-state index contributed by atoms with van der Waals surface area (Å²) in [5.41, 5.74) is 1.07. The summed E-state index contributed by atoms with van der Waals surface area (Å²) in [6, 6.07) is 9.01. The van der Waals surface area contributed by atoms with Gasteiger partial charge in [-0.25, -0.2) is 9.78 Å². The molecule has 4 rings (SSSR count). The van der Waals surface area contributed by atoms with Crippen molar-refractivity contribution in [2.45, 2.75) is 57.9 Å². The van der Waals surface area contributed by atoms with Gasteiger partial charge in [-0.3, -0.25) is 9.47 Å². The Labute approximate surface area is 226 Å². The SMILES string of the molecule is CCC1CN(c2nc(=O)n(C)c3ccc(OCCOC)nc23)[C@@H](CC)CN1C(C)c1ccc(C(F)(F)F)cc1. The van der Waals surface area contributed by atoms with Gasteiger partial charge in [-0.15, -0.1) is 0 Å². The van der Waals surface area contributed by atoms with Gasteiger partial charge in [-0.1, -0.05) is 26.0 Å². The number of fused-ring (bicyclic) bond motifs is 1. The summed E-state index contributed by atoms with van der Waals surface area (Å²) < 4.78 is 51.6. The number of anilines is 1. The van der Waals surface area contributed by atoms with E-state index < -0.39 is 11.7 Å². The van der Waals surface area contributed by atoms with Crippen molar-refractivity contribution in [2.24, 2.45) is 7.05 Å². The third kappa shape index (κ3) is 6.04. The average molecular weight is 548 g/mol.